The van der Waals surface area contributed by atoms with E-state index in [1.807, 2.05) is 6.08 Å². The number of carbonyl (C=O) groups is 1. The fourth-order valence-electron chi connectivity index (χ4n) is 2.51. The summed E-state index contributed by atoms with van der Waals surface area (Å²) in [5.74, 6) is 1.23. The van der Waals surface area contributed by atoms with Crippen molar-refractivity contribution in [3.8, 4) is 0 Å². The fourth-order valence-corrected chi connectivity index (χ4v) is 2.51. The number of carboxylic acid groups (broad SMARTS) is 1. The SMILES string of the molecule is C=CC1C(CC(=O)O)CC(C)C1C. The van der Waals surface area contributed by atoms with E-state index in [2.05, 4.69) is 20.4 Å². The molecule has 0 aromatic carbocycles. The fraction of sp³-hybridized carbons (Fsp3) is 0.727. The van der Waals surface area contributed by atoms with Gasteiger partial charge in [0.15, 0.2) is 0 Å². The predicted molar refractivity (Wildman–Crippen MR) is 52.4 cm³/mol. The molecule has 1 saturated carbocycles. The second-order valence-electron chi connectivity index (χ2n) is 4.24. The molecule has 4 unspecified atom stereocenters. The molecule has 13 heavy (non-hydrogen) atoms. The summed E-state index contributed by atoms with van der Waals surface area (Å²) in [6.07, 6.45) is 3.26. The van der Waals surface area contributed by atoms with Crippen molar-refractivity contribution in [3.63, 3.8) is 0 Å². The van der Waals surface area contributed by atoms with Crippen molar-refractivity contribution in [3.05, 3.63) is 12.7 Å². The highest BCUT2D eigenvalue weighted by Gasteiger charge is 2.37. The predicted octanol–water partition coefficient (Wildman–Crippen LogP) is 2.56. The molecule has 4 atom stereocenters. The number of rotatable bonds is 3. The van der Waals surface area contributed by atoms with Crippen LogP contribution in [0.2, 0.25) is 0 Å². The maximum absolute atomic E-state index is 10.6. The Bertz CT molecular complexity index is 210. The van der Waals surface area contributed by atoms with E-state index in [1.54, 1.807) is 0 Å². The lowest BCUT2D eigenvalue weighted by Crippen LogP contribution is -2.14. The molecule has 1 aliphatic carbocycles. The van der Waals surface area contributed by atoms with Crippen LogP contribution in [0.3, 0.4) is 0 Å². The van der Waals surface area contributed by atoms with Crippen molar-refractivity contribution in [1.29, 1.82) is 0 Å². The molecule has 0 spiro atoms. The van der Waals surface area contributed by atoms with E-state index in [1.165, 1.54) is 0 Å². The Hall–Kier alpha value is -0.790. The van der Waals surface area contributed by atoms with Gasteiger partial charge in [-0.2, -0.15) is 0 Å². The van der Waals surface area contributed by atoms with Crippen LogP contribution in [0.5, 0.6) is 0 Å². The van der Waals surface area contributed by atoms with Crippen molar-refractivity contribution in [2.75, 3.05) is 0 Å². The Balaban J connectivity index is 2.64. The minimum Gasteiger partial charge on any atom is -0.481 e. The van der Waals surface area contributed by atoms with Crippen LogP contribution in [0.1, 0.15) is 26.7 Å². The lowest BCUT2D eigenvalue weighted by Gasteiger charge is -2.17. The first-order chi connectivity index (χ1) is 6.06. The standard InChI is InChI=1S/C11H18O2/c1-4-10-8(3)7(2)5-9(10)6-11(12)13/h4,7-10H,1,5-6H2,2-3H3,(H,12,13). The molecule has 0 saturated heterocycles. The monoisotopic (exact) mass is 182 g/mol. The summed E-state index contributed by atoms with van der Waals surface area (Å²) in [5, 5.41) is 8.73. The largest absolute Gasteiger partial charge is 0.481 e. The number of allylic oxidation sites excluding steroid dienone is 1. The number of aliphatic carboxylic acids is 1. The van der Waals surface area contributed by atoms with Crippen LogP contribution in [0.15, 0.2) is 12.7 Å². The number of hydrogen-bond donors (Lipinski definition) is 1. The van der Waals surface area contributed by atoms with Crippen LogP contribution in [0, 0.1) is 23.7 Å². The Morgan fingerprint density at radius 3 is 2.69 bits per heavy atom. The van der Waals surface area contributed by atoms with Gasteiger partial charge in [-0.1, -0.05) is 19.9 Å². The van der Waals surface area contributed by atoms with Gasteiger partial charge in [-0.25, -0.2) is 0 Å². The maximum atomic E-state index is 10.6. The Labute approximate surface area is 79.6 Å². The zero-order valence-corrected chi connectivity index (χ0v) is 8.36. The second kappa shape index (κ2) is 3.95. The van der Waals surface area contributed by atoms with Crippen LogP contribution >= 0.6 is 0 Å². The normalized spacial score (nSPS) is 38.9. The summed E-state index contributed by atoms with van der Waals surface area (Å²) >= 11 is 0. The van der Waals surface area contributed by atoms with Gasteiger partial charge in [0, 0.05) is 6.42 Å². The van der Waals surface area contributed by atoms with E-state index in [-0.39, 0.29) is 0 Å². The molecular formula is C11H18O2. The summed E-state index contributed by atoms with van der Waals surface area (Å²) in [5.41, 5.74) is 0. The lowest BCUT2D eigenvalue weighted by molar-refractivity contribution is -0.138. The molecule has 0 heterocycles. The molecule has 1 rings (SSSR count). The first kappa shape index (κ1) is 10.3. The van der Waals surface area contributed by atoms with E-state index in [9.17, 15) is 4.79 Å². The quantitative estimate of drug-likeness (QED) is 0.681. The first-order valence-corrected chi connectivity index (χ1v) is 4.90. The third-order valence-corrected chi connectivity index (χ3v) is 3.43. The van der Waals surface area contributed by atoms with Gasteiger partial charge in [0.05, 0.1) is 0 Å². The Morgan fingerprint density at radius 2 is 2.23 bits per heavy atom. The van der Waals surface area contributed by atoms with Crippen molar-refractivity contribution in [1.82, 2.24) is 0 Å². The zero-order valence-electron chi connectivity index (χ0n) is 8.36. The lowest BCUT2D eigenvalue weighted by atomic mass is 9.87. The molecule has 1 aliphatic rings. The van der Waals surface area contributed by atoms with E-state index < -0.39 is 5.97 Å². The zero-order chi connectivity index (χ0) is 10.0. The Morgan fingerprint density at radius 1 is 1.62 bits per heavy atom. The molecule has 74 valence electrons. The van der Waals surface area contributed by atoms with Crippen LogP contribution in [0.25, 0.3) is 0 Å². The Kier molecular flexibility index (Phi) is 3.12. The van der Waals surface area contributed by atoms with E-state index in [4.69, 9.17) is 5.11 Å². The van der Waals surface area contributed by atoms with Gasteiger partial charge in [-0.3, -0.25) is 4.79 Å². The summed E-state index contributed by atoms with van der Waals surface area (Å²) in [7, 11) is 0. The third kappa shape index (κ3) is 2.11. The second-order valence-corrected chi connectivity index (χ2v) is 4.24. The molecule has 0 radical (unpaired) electrons. The minimum atomic E-state index is -0.682. The van der Waals surface area contributed by atoms with Crippen LogP contribution in [0.4, 0.5) is 0 Å². The highest BCUT2D eigenvalue weighted by molar-refractivity contribution is 5.67. The molecule has 1 fully saturated rings. The molecule has 2 nitrogen and oxygen atoms in total. The van der Waals surface area contributed by atoms with Crippen molar-refractivity contribution >= 4 is 5.97 Å². The first-order valence-electron chi connectivity index (χ1n) is 4.90. The van der Waals surface area contributed by atoms with E-state index >= 15 is 0 Å². The molecule has 2 heteroatoms. The van der Waals surface area contributed by atoms with Gasteiger partial charge >= 0.3 is 5.97 Å². The maximum Gasteiger partial charge on any atom is 0.303 e. The molecular weight excluding hydrogens is 164 g/mol. The van der Waals surface area contributed by atoms with Crippen molar-refractivity contribution < 1.29 is 9.90 Å². The summed E-state index contributed by atoms with van der Waals surface area (Å²) in [4.78, 5) is 10.6. The smallest absolute Gasteiger partial charge is 0.303 e. The molecule has 0 aromatic heterocycles. The molecule has 0 bridgehead atoms. The van der Waals surface area contributed by atoms with Crippen molar-refractivity contribution in [2.24, 2.45) is 23.7 Å². The molecule has 0 amide bonds. The van der Waals surface area contributed by atoms with Crippen LogP contribution in [-0.2, 0) is 4.79 Å². The van der Waals surface area contributed by atoms with Gasteiger partial charge in [-0.15, -0.1) is 6.58 Å². The average molecular weight is 182 g/mol. The van der Waals surface area contributed by atoms with Gasteiger partial charge in [0.25, 0.3) is 0 Å². The number of hydrogen-bond acceptors (Lipinski definition) is 1. The molecule has 0 aliphatic heterocycles. The van der Waals surface area contributed by atoms with Gasteiger partial charge < -0.3 is 5.11 Å². The summed E-state index contributed by atoms with van der Waals surface area (Å²) in [6.45, 7) is 8.18. The van der Waals surface area contributed by atoms with Gasteiger partial charge in [0.1, 0.15) is 0 Å². The highest BCUT2D eigenvalue weighted by Crippen LogP contribution is 2.43. The highest BCUT2D eigenvalue weighted by atomic mass is 16.4. The van der Waals surface area contributed by atoms with Gasteiger partial charge in [-0.05, 0) is 30.1 Å². The third-order valence-electron chi connectivity index (χ3n) is 3.43. The summed E-state index contributed by atoms with van der Waals surface area (Å²) in [6, 6.07) is 0. The topological polar surface area (TPSA) is 37.3 Å². The minimum absolute atomic E-state index is 0.297. The van der Waals surface area contributed by atoms with Gasteiger partial charge in [0.2, 0.25) is 0 Å². The number of carboxylic acids is 1. The van der Waals surface area contributed by atoms with E-state index in [0.717, 1.165) is 6.42 Å². The van der Waals surface area contributed by atoms with E-state index in [0.29, 0.717) is 30.1 Å². The van der Waals surface area contributed by atoms with Crippen molar-refractivity contribution in [2.45, 2.75) is 26.7 Å². The van der Waals surface area contributed by atoms with Crippen LogP contribution in [-0.4, -0.2) is 11.1 Å². The molecule has 0 aromatic rings. The average Bonchev–Trinajstić information content (AvgIpc) is 2.27. The molecule has 1 N–H and O–H groups in total. The van der Waals surface area contributed by atoms with Crippen LogP contribution < -0.4 is 0 Å². The summed E-state index contributed by atoms with van der Waals surface area (Å²) < 4.78 is 0.